The van der Waals surface area contributed by atoms with Gasteiger partial charge in [-0.25, -0.2) is 4.98 Å². The molecular formula is C21H27N5O2. The lowest BCUT2D eigenvalue weighted by atomic mass is 9.92. The van der Waals surface area contributed by atoms with Crippen LogP contribution in [0, 0.1) is 5.92 Å². The number of carbonyl (C=O) groups excluding carboxylic acids is 2. The van der Waals surface area contributed by atoms with Crippen molar-refractivity contribution in [2.75, 3.05) is 18.0 Å². The number of nitrogens with zero attached hydrogens (tertiary/aromatic N) is 2. The molecule has 28 heavy (non-hydrogen) atoms. The predicted molar refractivity (Wildman–Crippen MR) is 108 cm³/mol. The predicted octanol–water partition coefficient (Wildman–Crippen LogP) is 1.27. The van der Waals surface area contributed by atoms with Gasteiger partial charge in [0.1, 0.15) is 11.4 Å². The SMILES string of the molecule is CC(N)(C(=O)NCc1cccnc1N1CCC(C(N)=O)CC1)c1ccccc1. The topological polar surface area (TPSA) is 114 Å². The molecule has 1 unspecified atom stereocenters. The van der Waals surface area contributed by atoms with Crippen molar-refractivity contribution in [3.8, 4) is 0 Å². The molecule has 1 atom stereocenters. The summed E-state index contributed by atoms with van der Waals surface area (Å²) in [7, 11) is 0. The van der Waals surface area contributed by atoms with E-state index in [0.29, 0.717) is 32.5 Å². The Balaban J connectivity index is 1.67. The van der Waals surface area contributed by atoms with Crippen LogP contribution in [0.3, 0.4) is 0 Å². The van der Waals surface area contributed by atoms with Crippen molar-refractivity contribution in [1.29, 1.82) is 0 Å². The number of carbonyl (C=O) groups is 2. The summed E-state index contributed by atoms with van der Waals surface area (Å²) in [5, 5.41) is 2.94. The quantitative estimate of drug-likeness (QED) is 0.697. The van der Waals surface area contributed by atoms with E-state index in [1.54, 1.807) is 13.1 Å². The van der Waals surface area contributed by atoms with Crippen LogP contribution >= 0.6 is 0 Å². The van der Waals surface area contributed by atoms with E-state index in [4.69, 9.17) is 11.5 Å². The molecule has 0 radical (unpaired) electrons. The van der Waals surface area contributed by atoms with Gasteiger partial charge in [0.2, 0.25) is 11.8 Å². The Morgan fingerprint density at radius 1 is 1.18 bits per heavy atom. The van der Waals surface area contributed by atoms with Gasteiger partial charge in [0.05, 0.1) is 0 Å². The van der Waals surface area contributed by atoms with Crippen molar-refractivity contribution in [2.45, 2.75) is 31.8 Å². The summed E-state index contributed by atoms with van der Waals surface area (Å²) < 4.78 is 0. The second-order valence-electron chi connectivity index (χ2n) is 7.40. The third kappa shape index (κ3) is 4.31. The molecular weight excluding hydrogens is 354 g/mol. The molecule has 1 aliphatic rings. The molecule has 1 aliphatic heterocycles. The normalized spacial score (nSPS) is 17.0. The summed E-state index contributed by atoms with van der Waals surface area (Å²) in [6.45, 7) is 3.46. The van der Waals surface area contributed by atoms with Crippen molar-refractivity contribution in [1.82, 2.24) is 10.3 Å². The molecule has 2 amide bonds. The number of piperidine rings is 1. The maximum Gasteiger partial charge on any atom is 0.244 e. The Labute approximate surface area is 165 Å². The minimum absolute atomic E-state index is 0.0769. The molecule has 7 nitrogen and oxygen atoms in total. The number of rotatable bonds is 6. The second-order valence-corrected chi connectivity index (χ2v) is 7.40. The fraction of sp³-hybridized carbons (Fsp3) is 0.381. The lowest BCUT2D eigenvalue weighted by molar-refractivity contribution is -0.126. The number of hydrogen-bond donors (Lipinski definition) is 3. The molecule has 3 rings (SSSR count). The monoisotopic (exact) mass is 381 g/mol. The number of pyridine rings is 1. The van der Waals surface area contributed by atoms with Gasteiger partial charge in [0.15, 0.2) is 0 Å². The van der Waals surface area contributed by atoms with Crippen molar-refractivity contribution < 1.29 is 9.59 Å². The number of primary amides is 1. The lowest BCUT2D eigenvalue weighted by Crippen LogP contribution is -2.48. The fourth-order valence-electron chi connectivity index (χ4n) is 3.50. The van der Waals surface area contributed by atoms with Gasteiger partial charge in [-0.1, -0.05) is 36.4 Å². The average Bonchev–Trinajstić information content (AvgIpc) is 2.73. The molecule has 2 heterocycles. The highest BCUT2D eigenvalue weighted by Crippen LogP contribution is 2.25. The first-order valence-electron chi connectivity index (χ1n) is 9.50. The minimum Gasteiger partial charge on any atom is -0.369 e. The molecule has 2 aromatic rings. The Morgan fingerprint density at radius 3 is 2.50 bits per heavy atom. The molecule has 1 aromatic heterocycles. The number of amides is 2. The van der Waals surface area contributed by atoms with Gasteiger partial charge in [-0.15, -0.1) is 0 Å². The largest absolute Gasteiger partial charge is 0.369 e. The maximum absolute atomic E-state index is 12.7. The number of nitrogens with two attached hydrogens (primary N) is 2. The zero-order valence-electron chi connectivity index (χ0n) is 16.1. The molecule has 0 aliphatic carbocycles. The molecule has 0 bridgehead atoms. The van der Waals surface area contributed by atoms with Gasteiger partial charge in [-0.2, -0.15) is 0 Å². The van der Waals surface area contributed by atoms with E-state index in [0.717, 1.165) is 16.9 Å². The molecule has 5 N–H and O–H groups in total. The summed E-state index contributed by atoms with van der Waals surface area (Å²) in [5.41, 5.74) is 12.3. The number of hydrogen-bond acceptors (Lipinski definition) is 5. The zero-order chi connectivity index (χ0) is 20.1. The van der Waals surface area contributed by atoms with Crippen LogP contribution in [0.4, 0.5) is 5.82 Å². The first-order valence-corrected chi connectivity index (χ1v) is 9.50. The zero-order valence-corrected chi connectivity index (χ0v) is 16.1. The Morgan fingerprint density at radius 2 is 1.86 bits per heavy atom. The smallest absolute Gasteiger partial charge is 0.244 e. The summed E-state index contributed by atoms with van der Waals surface area (Å²) in [4.78, 5) is 30.7. The highest BCUT2D eigenvalue weighted by molar-refractivity contribution is 5.87. The lowest BCUT2D eigenvalue weighted by Gasteiger charge is -2.32. The molecule has 148 valence electrons. The third-order valence-electron chi connectivity index (χ3n) is 5.35. The Kier molecular flexibility index (Phi) is 5.94. The van der Waals surface area contributed by atoms with Crippen LogP contribution in [-0.2, 0) is 21.7 Å². The van der Waals surface area contributed by atoms with Gasteiger partial charge in [-0.3, -0.25) is 9.59 Å². The molecule has 0 spiro atoms. The van der Waals surface area contributed by atoms with E-state index in [2.05, 4.69) is 15.2 Å². The van der Waals surface area contributed by atoms with E-state index in [9.17, 15) is 9.59 Å². The molecule has 7 heteroatoms. The van der Waals surface area contributed by atoms with Crippen LogP contribution in [0.2, 0.25) is 0 Å². The molecule has 0 saturated carbocycles. The summed E-state index contributed by atoms with van der Waals surface area (Å²) in [6, 6.07) is 13.1. The van der Waals surface area contributed by atoms with Crippen molar-refractivity contribution >= 4 is 17.6 Å². The highest BCUT2D eigenvalue weighted by atomic mass is 16.2. The third-order valence-corrected chi connectivity index (χ3v) is 5.35. The molecule has 1 aromatic carbocycles. The van der Waals surface area contributed by atoms with Crippen molar-refractivity contribution in [2.24, 2.45) is 17.4 Å². The number of aromatic nitrogens is 1. The first kappa shape index (κ1) is 19.8. The van der Waals surface area contributed by atoms with Gasteiger partial charge in [0.25, 0.3) is 0 Å². The number of nitrogens with one attached hydrogen (secondary N) is 1. The Bertz CT molecular complexity index is 830. The van der Waals surface area contributed by atoms with E-state index in [1.807, 2.05) is 42.5 Å². The standard InChI is InChI=1S/C21H27N5O2/c1-21(23,17-7-3-2-4-8-17)20(28)25-14-16-6-5-11-24-19(16)26-12-9-15(10-13-26)18(22)27/h2-8,11,15H,9-10,12-14,23H2,1H3,(H2,22,27)(H,25,28). The van der Waals surface area contributed by atoms with Crippen LogP contribution in [0.15, 0.2) is 48.7 Å². The number of anilines is 1. The summed E-state index contributed by atoms with van der Waals surface area (Å²) in [6.07, 6.45) is 3.16. The van der Waals surface area contributed by atoms with Gasteiger partial charge < -0.3 is 21.7 Å². The van der Waals surface area contributed by atoms with Crippen molar-refractivity contribution in [3.63, 3.8) is 0 Å². The first-order chi connectivity index (χ1) is 13.4. The molecule has 1 fully saturated rings. The van der Waals surface area contributed by atoms with E-state index >= 15 is 0 Å². The van der Waals surface area contributed by atoms with Crippen LogP contribution in [-0.4, -0.2) is 29.9 Å². The minimum atomic E-state index is -1.12. The van der Waals surface area contributed by atoms with E-state index < -0.39 is 5.54 Å². The van der Waals surface area contributed by atoms with Crippen LogP contribution < -0.4 is 21.7 Å². The van der Waals surface area contributed by atoms with Crippen molar-refractivity contribution in [3.05, 3.63) is 59.8 Å². The Hall–Kier alpha value is -2.93. The average molecular weight is 381 g/mol. The summed E-state index contributed by atoms with van der Waals surface area (Å²) in [5.74, 6) is 0.258. The highest BCUT2D eigenvalue weighted by Gasteiger charge is 2.30. The van der Waals surface area contributed by atoms with Crippen LogP contribution in [0.25, 0.3) is 0 Å². The fourth-order valence-corrected chi connectivity index (χ4v) is 3.50. The second kappa shape index (κ2) is 8.39. The van der Waals surface area contributed by atoms with Gasteiger partial charge in [0, 0.05) is 37.3 Å². The van der Waals surface area contributed by atoms with Gasteiger partial charge >= 0.3 is 0 Å². The maximum atomic E-state index is 12.7. The van der Waals surface area contributed by atoms with E-state index in [1.165, 1.54) is 0 Å². The van der Waals surface area contributed by atoms with E-state index in [-0.39, 0.29) is 17.7 Å². The number of benzene rings is 1. The summed E-state index contributed by atoms with van der Waals surface area (Å²) >= 11 is 0. The van der Waals surface area contributed by atoms with Gasteiger partial charge in [-0.05, 0) is 31.4 Å². The molecule has 1 saturated heterocycles. The van der Waals surface area contributed by atoms with Crippen LogP contribution in [0.5, 0.6) is 0 Å². The van der Waals surface area contributed by atoms with Crippen LogP contribution in [0.1, 0.15) is 30.9 Å².